The fourth-order valence-corrected chi connectivity index (χ4v) is 2.52. The number of nitrogens with zero attached hydrogens (tertiary/aromatic N) is 2. The van der Waals surface area contributed by atoms with Crippen LogP contribution in [-0.2, 0) is 5.75 Å². The Balaban J connectivity index is 1.97. The zero-order valence-corrected chi connectivity index (χ0v) is 10.6. The maximum Gasteiger partial charge on any atom is 0.146 e. The highest BCUT2D eigenvalue weighted by molar-refractivity contribution is 8.22. The van der Waals surface area contributed by atoms with Gasteiger partial charge in [-0.3, -0.25) is 4.57 Å². The minimum atomic E-state index is 0.846. The second-order valence-electron chi connectivity index (χ2n) is 3.45. The average Bonchev–Trinajstić information content (AvgIpc) is 2.74. The SMILES string of the molecule is Cc1cncn1C(=S)SCc1ccccc1. The van der Waals surface area contributed by atoms with Gasteiger partial charge < -0.3 is 0 Å². The van der Waals surface area contributed by atoms with Crippen molar-refractivity contribution in [1.29, 1.82) is 0 Å². The van der Waals surface area contributed by atoms with E-state index in [2.05, 4.69) is 17.1 Å². The maximum atomic E-state index is 5.35. The molecule has 2 nitrogen and oxygen atoms in total. The van der Waals surface area contributed by atoms with E-state index in [1.165, 1.54) is 5.56 Å². The Hall–Kier alpha value is -1.13. The van der Waals surface area contributed by atoms with Crippen molar-refractivity contribution in [1.82, 2.24) is 9.55 Å². The quantitative estimate of drug-likeness (QED) is 0.760. The number of hydrogen-bond donors (Lipinski definition) is 0. The summed E-state index contributed by atoms with van der Waals surface area (Å²) in [6, 6.07) is 10.3. The van der Waals surface area contributed by atoms with Crippen LogP contribution in [0, 0.1) is 6.92 Å². The Morgan fingerprint density at radius 3 is 2.75 bits per heavy atom. The molecule has 1 aromatic carbocycles. The van der Waals surface area contributed by atoms with Crippen molar-refractivity contribution >= 4 is 28.3 Å². The van der Waals surface area contributed by atoms with Crippen molar-refractivity contribution in [2.45, 2.75) is 12.7 Å². The van der Waals surface area contributed by atoms with Crippen LogP contribution in [0.15, 0.2) is 42.9 Å². The molecule has 0 atom stereocenters. The predicted octanol–water partition coefficient (Wildman–Crippen LogP) is 3.26. The van der Waals surface area contributed by atoms with E-state index in [1.54, 1.807) is 18.1 Å². The van der Waals surface area contributed by atoms with Gasteiger partial charge in [0.15, 0.2) is 0 Å². The Morgan fingerprint density at radius 1 is 1.38 bits per heavy atom. The third-order valence-corrected chi connectivity index (χ3v) is 3.70. The molecular weight excluding hydrogens is 236 g/mol. The summed E-state index contributed by atoms with van der Waals surface area (Å²) >= 11 is 7.00. The summed E-state index contributed by atoms with van der Waals surface area (Å²) in [6.45, 7) is 2.00. The van der Waals surface area contributed by atoms with E-state index in [0.717, 1.165) is 15.8 Å². The standard InChI is InChI=1S/C12H12N2S2/c1-10-7-13-9-14(10)12(15)16-8-11-5-3-2-4-6-11/h2-7,9H,8H2,1H3. The highest BCUT2D eigenvalue weighted by Crippen LogP contribution is 2.16. The van der Waals surface area contributed by atoms with Crippen molar-refractivity contribution in [3.05, 3.63) is 54.1 Å². The van der Waals surface area contributed by atoms with Gasteiger partial charge >= 0.3 is 0 Å². The number of aromatic nitrogens is 2. The number of hydrogen-bond acceptors (Lipinski definition) is 3. The second kappa shape index (κ2) is 5.27. The molecule has 0 spiro atoms. The second-order valence-corrected chi connectivity index (χ2v) is 5.05. The summed E-state index contributed by atoms with van der Waals surface area (Å²) < 4.78 is 2.78. The fourth-order valence-electron chi connectivity index (χ4n) is 1.34. The first kappa shape index (κ1) is 11.4. The molecule has 0 fully saturated rings. The van der Waals surface area contributed by atoms with Gasteiger partial charge in [0, 0.05) is 17.6 Å². The molecule has 1 aromatic heterocycles. The molecule has 0 aliphatic rings. The van der Waals surface area contributed by atoms with E-state index in [9.17, 15) is 0 Å². The van der Waals surface area contributed by atoms with Crippen molar-refractivity contribution in [2.75, 3.05) is 0 Å². The average molecular weight is 248 g/mol. The Kier molecular flexibility index (Phi) is 3.74. The van der Waals surface area contributed by atoms with Crippen LogP contribution >= 0.6 is 24.0 Å². The summed E-state index contributed by atoms with van der Waals surface area (Å²) in [5.41, 5.74) is 2.36. The number of imidazole rings is 1. The van der Waals surface area contributed by atoms with Crippen LogP contribution in [0.4, 0.5) is 0 Å². The van der Waals surface area contributed by atoms with Crippen LogP contribution in [0.2, 0.25) is 0 Å². The normalized spacial score (nSPS) is 10.3. The van der Waals surface area contributed by atoms with Gasteiger partial charge in [-0.05, 0) is 12.5 Å². The first-order valence-electron chi connectivity index (χ1n) is 4.97. The van der Waals surface area contributed by atoms with Gasteiger partial charge in [-0.1, -0.05) is 54.3 Å². The van der Waals surface area contributed by atoms with E-state index in [-0.39, 0.29) is 0 Å². The van der Waals surface area contributed by atoms with Crippen molar-refractivity contribution in [3.8, 4) is 0 Å². The van der Waals surface area contributed by atoms with E-state index in [4.69, 9.17) is 12.2 Å². The van der Waals surface area contributed by atoms with E-state index >= 15 is 0 Å². The van der Waals surface area contributed by atoms with Gasteiger partial charge in [0.1, 0.15) is 10.6 Å². The third kappa shape index (κ3) is 2.71. The maximum absolute atomic E-state index is 5.35. The molecule has 2 aromatic rings. The smallest absolute Gasteiger partial charge is 0.146 e. The highest BCUT2D eigenvalue weighted by atomic mass is 32.2. The van der Waals surface area contributed by atoms with E-state index < -0.39 is 0 Å². The molecule has 0 unspecified atom stereocenters. The lowest BCUT2D eigenvalue weighted by Crippen LogP contribution is -2.05. The molecule has 1 heterocycles. The minimum Gasteiger partial charge on any atom is -0.289 e. The van der Waals surface area contributed by atoms with E-state index in [0.29, 0.717) is 0 Å². The predicted molar refractivity (Wildman–Crippen MR) is 72.7 cm³/mol. The van der Waals surface area contributed by atoms with Crippen LogP contribution < -0.4 is 0 Å². The lowest BCUT2D eigenvalue weighted by molar-refractivity contribution is 1.11. The van der Waals surface area contributed by atoms with Gasteiger partial charge in [-0.15, -0.1) is 0 Å². The lowest BCUT2D eigenvalue weighted by atomic mass is 10.2. The lowest BCUT2D eigenvalue weighted by Gasteiger charge is -2.06. The number of benzene rings is 1. The molecule has 0 aliphatic carbocycles. The number of thiocarbonyl (C=S) groups is 1. The summed E-state index contributed by atoms with van der Waals surface area (Å²) in [6.07, 6.45) is 3.57. The number of thioether (sulfide) groups is 1. The topological polar surface area (TPSA) is 17.8 Å². The largest absolute Gasteiger partial charge is 0.289 e. The first-order chi connectivity index (χ1) is 7.77. The summed E-state index contributed by atoms with van der Waals surface area (Å²) in [5.74, 6) is 0.900. The van der Waals surface area contributed by atoms with Crippen molar-refractivity contribution < 1.29 is 0 Å². The monoisotopic (exact) mass is 248 g/mol. The van der Waals surface area contributed by atoms with Crippen molar-refractivity contribution in [3.63, 3.8) is 0 Å². The molecule has 0 radical (unpaired) electrons. The molecule has 0 aliphatic heterocycles. The highest BCUT2D eigenvalue weighted by Gasteiger charge is 2.03. The van der Waals surface area contributed by atoms with Crippen LogP contribution in [0.5, 0.6) is 0 Å². The molecule has 0 saturated heterocycles. The molecule has 2 rings (SSSR count). The van der Waals surface area contributed by atoms with Gasteiger partial charge in [0.25, 0.3) is 0 Å². The van der Waals surface area contributed by atoms with Crippen LogP contribution in [-0.4, -0.2) is 13.9 Å². The summed E-state index contributed by atoms with van der Waals surface area (Å²) in [5, 5.41) is 0. The van der Waals surface area contributed by atoms with Crippen LogP contribution in [0.3, 0.4) is 0 Å². The summed E-state index contributed by atoms with van der Waals surface area (Å²) in [7, 11) is 0. The third-order valence-electron chi connectivity index (χ3n) is 2.23. The minimum absolute atomic E-state index is 0.846. The van der Waals surface area contributed by atoms with E-state index in [1.807, 2.05) is 35.9 Å². The van der Waals surface area contributed by atoms with Gasteiger partial charge in [0.2, 0.25) is 0 Å². The van der Waals surface area contributed by atoms with Gasteiger partial charge in [0.05, 0.1) is 0 Å². The first-order valence-corrected chi connectivity index (χ1v) is 6.37. The summed E-state index contributed by atoms with van der Waals surface area (Å²) in [4.78, 5) is 4.06. The zero-order chi connectivity index (χ0) is 11.4. The Bertz CT molecular complexity index is 477. The number of aryl methyl sites for hydroxylation is 1. The Labute approximate surface area is 105 Å². The molecule has 4 heteroatoms. The van der Waals surface area contributed by atoms with Crippen LogP contribution in [0.1, 0.15) is 11.3 Å². The molecule has 0 N–H and O–H groups in total. The van der Waals surface area contributed by atoms with Gasteiger partial charge in [-0.25, -0.2) is 4.98 Å². The zero-order valence-electron chi connectivity index (χ0n) is 8.96. The van der Waals surface area contributed by atoms with Crippen LogP contribution in [0.25, 0.3) is 0 Å². The fraction of sp³-hybridized carbons (Fsp3) is 0.167. The Morgan fingerprint density at radius 2 is 2.12 bits per heavy atom. The van der Waals surface area contributed by atoms with Gasteiger partial charge in [-0.2, -0.15) is 0 Å². The number of rotatable bonds is 2. The van der Waals surface area contributed by atoms with Crippen molar-refractivity contribution in [2.24, 2.45) is 0 Å². The molecule has 16 heavy (non-hydrogen) atoms. The molecular formula is C12H12N2S2. The molecule has 82 valence electrons. The molecule has 0 amide bonds. The molecule has 0 saturated carbocycles. The molecule has 0 bridgehead atoms.